The number of benzene rings is 2. The van der Waals surface area contributed by atoms with Gasteiger partial charge >= 0.3 is 0 Å². The van der Waals surface area contributed by atoms with Crippen molar-refractivity contribution in [3.63, 3.8) is 0 Å². The fourth-order valence-electron chi connectivity index (χ4n) is 4.06. The monoisotopic (exact) mass is 457 g/mol. The van der Waals surface area contributed by atoms with E-state index in [2.05, 4.69) is 10.4 Å². The molecule has 1 N–H and O–H groups in total. The zero-order valence-electron chi connectivity index (χ0n) is 17.2. The van der Waals surface area contributed by atoms with Crippen LogP contribution in [0, 0.1) is 6.92 Å². The van der Waals surface area contributed by atoms with Gasteiger partial charge in [0, 0.05) is 11.1 Å². The van der Waals surface area contributed by atoms with Crippen molar-refractivity contribution >= 4 is 33.2 Å². The van der Waals surface area contributed by atoms with E-state index in [-0.39, 0.29) is 17.7 Å². The maximum Gasteiger partial charge on any atom is 0.247 e. The summed E-state index contributed by atoms with van der Waals surface area (Å²) in [5.74, 6) is -0.0336. The quantitative estimate of drug-likeness (QED) is 0.585. The van der Waals surface area contributed by atoms with Gasteiger partial charge in [-0.2, -0.15) is 5.10 Å². The van der Waals surface area contributed by atoms with Gasteiger partial charge in [-0.15, -0.1) is 0 Å². The molecule has 1 aliphatic rings. The highest BCUT2D eigenvalue weighted by molar-refractivity contribution is 7.93. The normalized spacial score (nSPS) is 15.7. The number of carbonyl (C=O) groups is 1. The minimum atomic E-state index is -3.90. The van der Waals surface area contributed by atoms with Gasteiger partial charge in [0.25, 0.3) is 0 Å². The van der Waals surface area contributed by atoms with Crippen LogP contribution < -0.4 is 5.32 Å². The minimum absolute atomic E-state index is 0.113. The van der Waals surface area contributed by atoms with Crippen LogP contribution in [0.2, 0.25) is 5.02 Å². The Bertz CT molecular complexity index is 1180. The minimum Gasteiger partial charge on any atom is -0.310 e. The summed E-state index contributed by atoms with van der Waals surface area (Å²) in [4.78, 5) is 13.5. The summed E-state index contributed by atoms with van der Waals surface area (Å²) in [5, 5.41) is 7.60. The van der Waals surface area contributed by atoms with Crippen LogP contribution in [-0.2, 0) is 21.2 Å². The number of rotatable bonds is 6. The molecule has 0 unspecified atom stereocenters. The van der Waals surface area contributed by atoms with Gasteiger partial charge in [-0.3, -0.25) is 4.79 Å². The van der Waals surface area contributed by atoms with Crippen molar-refractivity contribution in [1.82, 2.24) is 9.78 Å². The van der Waals surface area contributed by atoms with Gasteiger partial charge in [-0.25, -0.2) is 13.1 Å². The second-order valence-electron chi connectivity index (χ2n) is 7.97. The number of sulfone groups is 1. The molecular formula is C23H24ClN3O3S. The van der Waals surface area contributed by atoms with Crippen LogP contribution >= 0.6 is 11.6 Å². The van der Waals surface area contributed by atoms with Crippen LogP contribution in [0.25, 0.3) is 0 Å². The van der Waals surface area contributed by atoms with E-state index in [1.54, 1.807) is 16.9 Å². The van der Waals surface area contributed by atoms with E-state index >= 15 is 0 Å². The average molecular weight is 458 g/mol. The highest BCUT2D eigenvalue weighted by Gasteiger charge is 2.53. The fraction of sp³-hybridized carbons (Fsp3) is 0.304. The van der Waals surface area contributed by atoms with E-state index in [9.17, 15) is 13.2 Å². The van der Waals surface area contributed by atoms with Gasteiger partial charge in [0.1, 0.15) is 5.82 Å². The summed E-state index contributed by atoms with van der Waals surface area (Å²) in [6, 6.07) is 15.7. The van der Waals surface area contributed by atoms with Crippen molar-refractivity contribution in [1.29, 1.82) is 0 Å². The smallest absolute Gasteiger partial charge is 0.247 e. The van der Waals surface area contributed by atoms with Gasteiger partial charge in [-0.05, 0) is 49.6 Å². The maximum atomic E-state index is 13.5. The molecule has 1 aromatic heterocycles. The van der Waals surface area contributed by atoms with E-state index in [4.69, 9.17) is 11.6 Å². The Morgan fingerprint density at radius 1 is 1.06 bits per heavy atom. The van der Waals surface area contributed by atoms with Crippen molar-refractivity contribution < 1.29 is 13.2 Å². The van der Waals surface area contributed by atoms with E-state index in [0.29, 0.717) is 30.2 Å². The Morgan fingerprint density at radius 3 is 2.35 bits per heavy atom. The van der Waals surface area contributed by atoms with Crippen LogP contribution in [0.3, 0.4) is 0 Å². The molecule has 1 saturated carbocycles. The molecule has 4 rings (SSSR count). The van der Waals surface area contributed by atoms with Crippen LogP contribution in [0.4, 0.5) is 5.82 Å². The molecule has 162 valence electrons. The second kappa shape index (κ2) is 8.48. The maximum absolute atomic E-state index is 13.5. The second-order valence-corrected chi connectivity index (χ2v) is 10.7. The molecule has 8 heteroatoms. The molecule has 0 atom stereocenters. The van der Waals surface area contributed by atoms with Crippen molar-refractivity contribution in [2.45, 2.75) is 48.8 Å². The third-order valence-corrected chi connectivity index (χ3v) is 8.64. The Labute approximate surface area is 187 Å². The fourth-order valence-corrected chi connectivity index (χ4v) is 6.26. The van der Waals surface area contributed by atoms with E-state index in [1.165, 1.54) is 24.3 Å². The standard InChI is InChI=1S/C23H24ClN3O3S/c1-17-4-6-18(7-5-17)16-27-21(12-15-25-27)26-22(28)23(13-2-3-14-23)31(29,30)20-10-8-19(24)9-11-20/h4-12,15H,2-3,13-14,16H2,1H3,(H,26,28). The predicted molar refractivity (Wildman–Crippen MR) is 121 cm³/mol. The van der Waals surface area contributed by atoms with Gasteiger partial charge in [0.05, 0.1) is 17.6 Å². The third-order valence-electron chi connectivity index (χ3n) is 5.87. The van der Waals surface area contributed by atoms with Crippen molar-refractivity contribution in [2.24, 2.45) is 0 Å². The number of aryl methyl sites for hydroxylation is 1. The first kappa shape index (κ1) is 21.6. The molecule has 3 aromatic rings. The summed E-state index contributed by atoms with van der Waals surface area (Å²) in [7, 11) is -3.90. The summed E-state index contributed by atoms with van der Waals surface area (Å²) < 4.78 is 27.2. The molecule has 0 saturated heterocycles. The largest absolute Gasteiger partial charge is 0.310 e. The van der Waals surface area contributed by atoms with Crippen molar-refractivity contribution in [2.75, 3.05) is 5.32 Å². The summed E-state index contributed by atoms with van der Waals surface area (Å²) in [6.07, 6.45) is 3.54. The number of halogens is 1. The lowest BCUT2D eigenvalue weighted by molar-refractivity contribution is -0.118. The first-order valence-corrected chi connectivity index (χ1v) is 12.1. The molecule has 1 aliphatic carbocycles. The first-order chi connectivity index (χ1) is 14.8. The van der Waals surface area contributed by atoms with E-state index < -0.39 is 20.5 Å². The number of aromatic nitrogens is 2. The number of hydrogen-bond donors (Lipinski definition) is 1. The summed E-state index contributed by atoms with van der Waals surface area (Å²) in [5.41, 5.74) is 2.20. The number of hydrogen-bond acceptors (Lipinski definition) is 4. The molecule has 0 aliphatic heterocycles. The average Bonchev–Trinajstić information content (AvgIpc) is 3.41. The zero-order chi connectivity index (χ0) is 22.1. The van der Waals surface area contributed by atoms with Crippen LogP contribution in [-0.4, -0.2) is 28.9 Å². The first-order valence-electron chi connectivity index (χ1n) is 10.2. The number of carbonyl (C=O) groups excluding carboxylic acids is 1. The van der Waals surface area contributed by atoms with Crippen molar-refractivity contribution in [3.05, 3.63) is 76.9 Å². The van der Waals surface area contributed by atoms with E-state index in [0.717, 1.165) is 11.1 Å². The molecular weight excluding hydrogens is 434 g/mol. The summed E-state index contributed by atoms with van der Waals surface area (Å²) in [6.45, 7) is 2.49. The Hall–Kier alpha value is -2.64. The van der Waals surface area contributed by atoms with Crippen LogP contribution in [0.15, 0.2) is 65.7 Å². The SMILES string of the molecule is Cc1ccc(Cn2nccc2NC(=O)C2(S(=O)(=O)c3ccc(Cl)cc3)CCCC2)cc1. The molecule has 1 heterocycles. The van der Waals surface area contributed by atoms with Gasteiger partial charge in [-0.1, -0.05) is 54.3 Å². The van der Waals surface area contributed by atoms with Gasteiger partial charge in [0.2, 0.25) is 5.91 Å². The van der Waals surface area contributed by atoms with Gasteiger partial charge in [0.15, 0.2) is 14.6 Å². The molecule has 2 aromatic carbocycles. The molecule has 0 bridgehead atoms. The number of anilines is 1. The molecule has 31 heavy (non-hydrogen) atoms. The number of amides is 1. The number of nitrogens with one attached hydrogen (secondary N) is 1. The highest BCUT2D eigenvalue weighted by atomic mass is 35.5. The molecule has 0 radical (unpaired) electrons. The predicted octanol–water partition coefficient (Wildman–Crippen LogP) is 4.62. The number of nitrogens with zero attached hydrogens (tertiary/aromatic N) is 2. The van der Waals surface area contributed by atoms with Crippen LogP contribution in [0.1, 0.15) is 36.8 Å². The molecule has 6 nitrogen and oxygen atoms in total. The topological polar surface area (TPSA) is 81.1 Å². The molecule has 0 spiro atoms. The lowest BCUT2D eigenvalue weighted by atomic mass is 10.1. The third kappa shape index (κ3) is 4.12. The Balaban J connectivity index is 1.61. The van der Waals surface area contributed by atoms with Crippen LogP contribution in [0.5, 0.6) is 0 Å². The molecule has 1 amide bonds. The molecule has 1 fully saturated rings. The summed E-state index contributed by atoms with van der Waals surface area (Å²) >= 11 is 5.92. The Morgan fingerprint density at radius 2 is 1.71 bits per heavy atom. The highest BCUT2D eigenvalue weighted by Crippen LogP contribution is 2.41. The lowest BCUT2D eigenvalue weighted by Crippen LogP contribution is -2.47. The van der Waals surface area contributed by atoms with Gasteiger partial charge < -0.3 is 5.32 Å². The zero-order valence-corrected chi connectivity index (χ0v) is 18.8. The lowest BCUT2D eigenvalue weighted by Gasteiger charge is -2.27. The van der Waals surface area contributed by atoms with E-state index in [1.807, 2.05) is 31.2 Å². The van der Waals surface area contributed by atoms with Crippen molar-refractivity contribution in [3.8, 4) is 0 Å². The Kier molecular flexibility index (Phi) is 5.90.